The standard InChI is InChI=1S/C25H28N6O4/c26-9-13-31(25-27-10-11-28-25)23(34)18-6-7-20-19(14-18)16-30(12-8-17-4-2-1-3-5-17)24(35)21(29-20)15-22(32)33/h1-7,10-11,14,21,29H,8-9,12-13,15-16,26H2,(H,27,28)(H,32,33). The zero-order valence-corrected chi connectivity index (χ0v) is 19.2. The van der Waals surface area contributed by atoms with Crippen molar-refractivity contribution < 1.29 is 19.5 Å². The number of rotatable bonds is 9. The van der Waals surface area contributed by atoms with Gasteiger partial charge in [0, 0.05) is 49.8 Å². The number of aromatic amines is 1. The lowest BCUT2D eigenvalue weighted by atomic mass is 10.1. The summed E-state index contributed by atoms with van der Waals surface area (Å²) in [6.45, 7) is 1.22. The Morgan fingerprint density at radius 1 is 1.20 bits per heavy atom. The minimum atomic E-state index is -1.06. The highest BCUT2D eigenvalue weighted by atomic mass is 16.4. The van der Waals surface area contributed by atoms with Gasteiger partial charge in [0.1, 0.15) is 6.04 Å². The van der Waals surface area contributed by atoms with Gasteiger partial charge in [-0.2, -0.15) is 0 Å². The molecule has 1 aromatic heterocycles. The molecule has 182 valence electrons. The number of hydrogen-bond acceptors (Lipinski definition) is 6. The summed E-state index contributed by atoms with van der Waals surface area (Å²) in [5.74, 6) is -1.23. The lowest BCUT2D eigenvalue weighted by molar-refractivity contribution is -0.141. The van der Waals surface area contributed by atoms with Crippen LogP contribution in [0.3, 0.4) is 0 Å². The number of amides is 2. The van der Waals surface area contributed by atoms with Crippen LogP contribution in [-0.2, 0) is 22.6 Å². The van der Waals surface area contributed by atoms with Crippen LogP contribution in [-0.4, -0.2) is 63.4 Å². The average molecular weight is 477 g/mol. The highest BCUT2D eigenvalue weighted by Crippen LogP contribution is 2.27. The van der Waals surface area contributed by atoms with Crippen LogP contribution in [0.2, 0.25) is 0 Å². The molecule has 3 aromatic rings. The van der Waals surface area contributed by atoms with E-state index < -0.39 is 12.0 Å². The largest absolute Gasteiger partial charge is 0.481 e. The Labute approximate surface area is 202 Å². The third-order valence-electron chi connectivity index (χ3n) is 5.88. The molecule has 10 heteroatoms. The molecule has 0 saturated carbocycles. The van der Waals surface area contributed by atoms with Crippen molar-refractivity contribution in [2.24, 2.45) is 5.73 Å². The van der Waals surface area contributed by atoms with Gasteiger partial charge in [-0.25, -0.2) is 4.98 Å². The number of nitrogens with one attached hydrogen (secondary N) is 2. The van der Waals surface area contributed by atoms with Crippen molar-refractivity contribution in [3.63, 3.8) is 0 Å². The van der Waals surface area contributed by atoms with E-state index in [0.717, 1.165) is 11.1 Å². The molecule has 0 bridgehead atoms. The molecule has 0 aliphatic carbocycles. The minimum Gasteiger partial charge on any atom is -0.481 e. The van der Waals surface area contributed by atoms with Crippen LogP contribution in [0.25, 0.3) is 0 Å². The first-order chi connectivity index (χ1) is 17.0. The quantitative estimate of drug-likeness (QED) is 0.369. The van der Waals surface area contributed by atoms with Crippen LogP contribution in [0.15, 0.2) is 60.9 Å². The molecule has 4 rings (SSSR count). The van der Waals surface area contributed by atoms with E-state index in [-0.39, 0.29) is 37.9 Å². The van der Waals surface area contributed by atoms with E-state index in [1.54, 1.807) is 35.5 Å². The molecular weight excluding hydrogens is 448 g/mol. The van der Waals surface area contributed by atoms with Crippen LogP contribution in [0.5, 0.6) is 0 Å². The summed E-state index contributed by atoms with van der Waals surface area (Å²) >= 11 is 0. The van der Waals surface area contributed by atoms with Gasteiger partial charge < -0.3 is 26.0 Å². The summed E-state index contributed by atoms with van der Waals surface area (Å²) in [5, 5.41) is 12.4. The van der Waals surface area contributed by atoms with Crippen molar-refractivity contribution in [2.45, 2.75) is 25.4 Å². The van der Waals surface area contributed by atoms with Crippen LogP contribution < -0.4 is 16.0 Å². The van der Waals surface area contributed by atoms with E-state index in [1.807, 2.05) is 30.3 Å². The second kappa shape index (κ2) is 10.8. The molecule has 0 saturated heterocycles. The van der Waals surface area contributed by atoms with Gasteiger partial charge in [0.25, 0.3) is 5.91 Å². The normalized spacial score (nSPS) is 15.2. The number of imidazole rings is 1. The number of carbonyl (C=O) groups is 3. The monoisotopic (exact) mass is 476 g/mol. The van der Waals surface area contributed by atoms with Gasteiger partial charge in [0.15, 0.2) is 0 Å². The number of aliphatic carboxylic acids is 1. The van der Waals surface area contributed by atoms with E-state index in [0.29, 0.717) is 30.2 Å². The maximum Gasteiger partial charge on any atom is 0.305 e. The number of carboxylic acids is 1. The van der Waals surface area contributed by atoms with Crippen molar-refractivity contribution in [1.29, 1.82) is 0 Å². The van der Waals surface area contributed by atoms with Gasteiger partial charge in [-0.15, -0.1) is 0 Å². The van der Waals surface area contributed by atoms with E-state index in [9.17, 15) is 19.5 Å². The Morgan fingerprint density at radius 2 is 2.00 bits per heavy atom. The molecule has 2 aromatic carbocycles. The Balaban J connectivity index is 1.62. The fourth-order valence-corrected chi connectivity index (χ4v) is 4.16. The second-order valence-electron chi connectivity index (χ2n) is 8.32. The summed E-state index contributed by atoms with van der Waals surface area (Å²) in [5.41, 5.74) is 8.58. The molecule has 10 nitrogen and oxygen atoms in total. The number of fused-ring (bicyclic) bond motifs is 1. The Hall–Kier alpha value is -4.18. The van der Waals surface area contributed by atoms with Crippen molar-refractivity contribution in [3.05, 3.63) is 77.6 Å². The van der Waals surface area contributed by atoms with Crippen molar-refractivity contribution in [3.8, 4) is 0 Å². The van der Waals surface area contributed by atoms with Gasteiger partial charge in [-0.05, 0) is 35.7 Å². The van der Waals surface area contributed by atoms with Crippen LogP contribution >= 0.6 is 0 Å². The van der Waals surface area contributed by atoms with Crippen molar-refractivity contribution >= 4 is 29.4 Å². The van der Waals surface area contributed by atoms with Crippen LogP contribution in [0.1, 0.15) is 27.9 Å². The zero-order valence-electron chi connectivity index (χ0n) is 19.2. The lowest BCUT2D eigenvalue weighted by Gasteiger charge is -2.24. The van der Waals surface area contributed by atoms with Crippen molar-refractivity contribution in [2.75, 3.05) is 29.9 Å². The maximum atomic E-state index is 13.3. The molecular formula is C25H28N6O4. The average Bonchev–Trinajstić information content (AvgIpc) is 3.35. The molecule has 2 amide bonds. The third kappa shape index (κ3) is 5.67. The highest BCUT2D eigenvalue weighted by Gasteiger charge is 2.31. The van der Waals surface area contributed by atoms with E-state index in [4.69, 9.17) is 5.73 Å². The first kappa shape index (κ1) is 24.0. The van der Waals surface area contributed by atoms with Gasteiger partial charge in [0.05, 0.1) is 6.42 Å². The van der Waals surface area contributed by atoms with E-state index in [2.05, 4.69) is 15.3 Å². The molecule has 0 spiro atoms. The minimum absolute atomic E-state index is 0.253. The first-order valence-corrected chi connectivity index (χ1v) is 11.4. The second-order valence-corrected chi connectivity index (χ2v) is 8.32. The van der Waals surface area contributed by atoms with E-state index >= 15 is 0 Å². The highest BCUT2D eigenvalue weighted by molar-refractivity contribution is 6.05. The molecule has 0 fully saturated rings. The number of carboxylic acid groups (broad SMARTS) is 1. The number of nitrogens with zero attached hydrogens (tertiary/aromatic N) is 3. The Bertz CT molecular complexity index is 1180. The number of aromatic nitrogens is 2. The molecule has 1 atom stereocenters. The predicted octanol–water partition coefficient (Wildman–Crippen LogP) is 1.86. The molecule has 2 heterocycles. The van der Waals surface area contributed by atoms with Gasteiger partial charge in [0.2, 0.25) is 11.9 Å². The fourth-order valence-electron chi connectivity index (χ4n) is 4.16. The van der Waals surface area contributed by atoms with Gasteiger partial charge >= 0.3 is 5.97 Å². The summed E-state index contributed by atoms with van der Waals surface area (Å²) in [7, 11) is 0. The summed E-state index contributed by atoms with van der Waals surface area (Å²) in [6.07, 6.45) is 3.48. The predicted molar refractivity (Wildman–Crippen MR) is 131 cm³/mol. The Morgan fingerprint density at radius 3 is 2.69 bits per heavy atom. The zero-order chi connectivity index (χ0) is 24.8. The molecule has 1 unspecified atom stereocenters. The molecule has 1 aliphatic heterocycles. The molecule has 1 aliphatic rings. The lowest BCUT2D eigenvalue weighted by Crippen LogP contribution is -2.42. The topological polar surface area (TPSA) is 145 Å². The summed E-state index contributed by atoms with van der Waals surface area (Å²) in [6, 6.07) is 14.0. The molecule has 35 heavy (non-hydrogen) atoms. The van der Waals surface area contributed by atoms with Gasteiger partial charge in [-0.1, -0.05) is 30.3 Å². The molecule has 5 N–H and O–H groups in total. The fraction of sp³-hybridized carbons (Fsp3) is 0.280. The first-order valence-electron chi connectivity index (χ1n) is 11.4. The number of carbonyl (C=O) groups excluding carboxylic acids is 2. The smallest absolute Gasteiger partial charge is 0.305 e. The maximum absolute atomic E-state index is 13.3. The number of benzene rings is 2. The van der Waals surface area contributed by atoms with E-state index in [1.165, 1.54) is 4.90 Å². The van der Waals surface area contributed by atoms with Gasteiger partial charge in [-0.3, -0.25) is 19.3 Å². The molecule has 0 radical (unpaired) electrons. The number of hydrogen-bond donors (Lipinski definition) is 4. The third-order valence-corrected chi connectivity index (χ3v) is 5.88. The summed E-state index contributed by atoms with van der Waals surface area (Å²) in [4.78, 5) is 48.2. The van der Waals surface area contributed by atoms with Crippen LogP contribution in [0, 0.1) is 0 Å². The number of anilines is 2. The van der Waals surface area contributed by atoms with Crippen molar-refractivity contribution in [1.82, 2.24) is 14.9 Å². The number of nitrogens with two attached hydrogens (primary N) is 1. The Kier molecular flexibility index (Phi) is 7.41. The summed E-state index contributed by atoms with van der Waals surface area (Å²) < 4.78 is 0. The SMILES string of the molecule is NCCN(C(=O)c1ccc2c(c1)CN(CCc1ccccc1)C(=O)C(CC(=O)O)N2)c1ncc[nH]1. The van der Waals surface area contributed by atoms with Crippen LogP contribution in [0.4, 0.5) is 11.6 Å². The number of H-pyrrole nitrogens is 1.